The van der Waals surface area contributed by atoms with Crippen LogP contribution < -0.4 is 10.1 Å². The molecule has 0 atom stereocenters. The monoisotopic (exact) mass is 273 g/mol. The topological polar surface area (TPSA) is 58.6 Å². The largest absolute Gasteiger partial charge is 0.435 e. The summed E-state index contributed by atoms with van der Waals surface area (Å²) in [6, 6.07) is 5.96. The highest BCUT2D eigenvalue weighted by Gasteiger charge is 2.19. The maximum absolute atomic E-state index is 12.1. The average molecular weight is 273 g/mol. The molecule has 0 unspecified atom stereocenters. The number of carbonyl (C=O) groups excluding carboxylic acids is 1. The molecular weight excluding hydrogens is 256 g/mol. The van der Waals surface area contributed by atoms with Crippen molar-refractivity contribution >= 4 is 5.91 Å². The van der Waals surface area contributed by atoms with Crippen LogP contribution >= 0.6 is 0 Å². The third-order valence-electron chi connectivity index (χ3n) is 2.36. The Morgan fingerprint density at radius 2 is 2.16 bits per heavy atom. The summed E-state index contributed by atoms with van der Waals surface area (Å²) in [6.07, 6.45) is 0.0316. The van der Waals surface area contributed by atoms with Gasteiger partial charge in [0.15, 0.2) is 0 Å². The second kappa shape index (κ2) is 6.47. The molecule has 0 radical (unpaired) electrons. The number of rotatable bonds is 6. The average Bonchev–Trinajstić information content (AvgIpc) is 2.27. The van der Waals surface area contributed by atoms with Crippen molar-refractivity contribution in [3.05, 3.63) is 29.8 Å². The third kappa shape index (κ3) is 5.65. The smallest absolute Gasteiger partial charge is 0.387 e. The van der Waals surface area contributed by atoms with E-state index >= 15 is 0 Å². The number of halogens is 2. The number of benzene rings is 1. The molecule has 0 saturated heterocycles. The van der Waals surface area contributed by atoms with Gasteiger partial charge in [-0.1, -0.05) is 12.1 Å². The lowest BCUT2D eigenvalue weighted by Crippen LogP contribution is -2.46. The van der Waals surface area contributed by atoms with Crippen molar-refractivity contribution < 1.29 is 23.4 Å². The van der Waals surface area contributed by atoms with Gasteiger partial charge in [-0.25, -0.2) is 0 Å². The first-order valence-electron chi connectivity index (χ1n) is 5.78. The Morgan fingerprint density at radius 1 is 1.47 bits per heavy atom. The Kier molecular flexibility index (Phi) is 5.23. The van der Waals surface area contributed by atoms with E-state index in [1.165, 1.54) is 18.2 Å². The molecule has 1 amide bonds. The zero-order valence-electron chi connectivity index (χ0n) is 10.8. The second-order valence-electron chi connectivity index (χ2n) is 4.79. The SMILES string of the molecule is CC(C)(CO)NC(=O)Cc1cccc(OC(F)F)c1. The van der Waals surface area contributed by atoms with Crippen molar-refractivity contribution in [2.45, 2.75) is 32.4 Å². The van der Waals surface area contributed by atoms with Gasteiger partial charge in [0.05, 0.1) is 18.6 Å². The fourth-order valence-corrected chi connectivity index (χ4v) is 1.48. The highest BCUT2D eigenvalue weighted by atomic mass is 19.3. The van der Waals surface area contributed by atoms with Gasteiger partial charge in [0, 0.05) is 0 Å². The molecule has 106 valence electrons. The molecule has 0 aliphatic rings. The van der Waals surface area contributed by atoms with Gasteiger partial charge in [0.1, 0.15) is 5.75 Å². The van der Waals surface area contributed by atoms with E-state index in [1.54, 1.807) is 19.9 Å². The number of ether oxygens (including phenoxy) is 1. The fraction of sp³-hybridized carbons (Fsp3) is 0.462. The molecule has 0 bridgehead atoms. The molecule has 0 spiro atoms. The number of hydrogen-bond acceptors (Lipinski definition) is 3. The summed E-state index contributed by atoms with van der Waals surface area (Å²) in [6.45, 7) is 0.285. The van der Waals surface area contributed by atoms with Crippen molar-refractivity contribution in [1.82, 2.24) is 5.32 Å². The molecule has 1 aromatic rings. The Labute approximate surface area is 110 Å². The van der Waals surface area contributed by atoms with Crippen LogP contribution in [0.25, 0.3) is 0 Å². The number of aliphatic hydroxyl groups excluding tert-OH is 1. The van der Waals surface area contributed by atoms with Crippen LogP contribution in [0.5, 0.6) is 5.75 Å². The standard InChI is InChI=1S/C13H17F2NO3/c1-13(2,8-17)16-11(18)7-9-4-3-5-10(6-9)19-12(14)15/h3-6,12,17H,7-8H2,1-2H3,(H,16,18). The predicted octanol–water partition coefficient (Wildman–Crippen LogP) is 1.72. The highest BCUT2D eigenvalue weighted by molar-refractivity contribution is 5.79. The van der Waals surface area contributed by atoms with Gasteiger partial charge in [-0.2, -0.15) is 8.78 Å². The van der Waals surface area contributed by atoms with E-state index in [2.05, 4.69) is 10.1 Å². The van der Waals surface area contributed by atoms with E-state index in [4.69, 9.17) is 5.11 Å². The fourth-order valence-electron chi connectivity index (χ4n) is 1.48. The van der Waals surface area contributed by atoms with Crippen molar-refractivity contribution in [1.29, 1.82) is 0 Å². The number of nitrogens with one attached hydrogen (secondary N) is 1. The molecule has 4 nitrogen and oxygen atoms in total. The van der Waals surface area contributed by atoms with Crippen molar-refractivity contribution in [2.24, 2.45) is 0 Å². The summed E-state index contributed by atoms with van der Waals surface area (Å²) in [5, 5.41) is 11.7. The number of alkyl halides is 2. The van der Waals surface area contributed by atoms with E-state index in [-0.39, 0.29) is 24.7 Å². The summed E-state index contributed by atoms with van der Waals surface area (Å²) in [5.74, 6) is -0.282. The normalized spacial score (nSPS) is 11.5. The van der Waals surface area contributed by atoms with Crippen molar-refractivity contribution in [2.75, 3.05) is 6.61 Å². The van der Waals surface area contributed by atoms with Gasteiger partial charge in [-0.05, 0) is 31.5 Å². The van der Waals surface area contributed by atoms with Gasteiger partial charge < -0.3 is 15.2 Å². The van der Waals surface area contributed by atoms with Crippen LogP contribution in [0.2, 0.25) is 0 Å². The number of hydrogen-bond donors (Lipinski definition) is 2. The molecule has 0 saturated carbocycles. The van der Waals surface area contributed by atoms with E-state index in [0.717, 1.165) is 0 Å². The Bertz CT molecular complexity index is 436. The van der Waals surface area contributed by atoms with Gasteiger partial charge in [0.25, 0.3) is 0 Å². The first-order chi connectivity index (χ1) is 8.82. The first kappa shape index (κ1) is 15.4. The van der Waals surface area contributed by atoms with Gasteiger partial charge in [-0.15, -0.1) is 0 Å². The zero-order chi connectivity index (χ0) is 14.5. The molecule has 0 fully saturated rings. The van der Waals surface area contributed by atoms with Gasteiger partial charge in [-0.3, -0.25) is 4.79 Å². The lowest BCUT2D eigenvalue weighted by molar-refractivity contribution is -0.122. The van der Waals surface area contributed by atoms with Crippen LogP contribution in [0.4, 0.5) is 8.78 Å². The van der Waals surface area contributed by atoms with Crippen molar-refractivity contribution in [3.63, 3.8) is 0 Å². The molecule has 0 aliphatic carbocycles. The summed E-state index contributed by atoms with van der Waals surface area (Å²) in [4.78, 5) is 11.7. The minimum absolute atomic E-state index is 0.0155. The summed E-state index contributed by atoms with van der Waals surface area (Å²) in [7, 11) is 0. The summed E-state index contributed by atoms with van der Waals surface area (Å²) >= 11 is 0. The van der Waals surface area contributed by atoms with Crippen LogP contribution in [0.1, 0.15) is 19.4 Å². The summed E-state index contributed by atoms with van der Waals surface area (Å²) in [5.41, 5.74) is -0.155. The Balaban J connectivity index is 2.64. The van der Waals surface area contributed by atoms with E-state index < -0.39 is 12.2 Å². The van der Waals surface area contributed by atoms with Crippen LogP contribution in [-0.4, -0.2) is 29.8 Å². The molecular formula is C13H17F2NO3. The maximum Gasteiger partial charge on any atom is 0.387 e. The molecule has 0 aliphatic heterocycles. The highest BCUT2D eigenvalue weighted by Crippen LogP contribution is 2.16. The maximum atomic E-state index is 12.1. The van der Waals surface area contributed by atoms with E-state index in [1.807, 2.05) is 0 Å². The second-order valence-corrected chi connectivity index (χ2v) is 4.79. The lowest BCUT2D eigenvalue weighted by Gasteiger charge is -2.23. The lowest BCUT2D eigenvalue weighted by atomic mass is 10.1. The third-order valence-corrected chi connectivity index (χ3v) is 2.36. The molecule has 0 aromatic heterocycles. The van der Waals surface area contributed by atoms with Gasteiger partial charge >= 0.3 is 6.61 Å². The zero-order valence-corrected chi connectivity index (χ0v) is 10.8. The molecule has 0 heterocycles. The van der Waals surface area contributed by atoms with Crippen LogP contribution in [0.15, 0.2) is 24.3 Å². The Morgan fingerprint density at radius 3 is 2.74 bits per heavy atom. The molecule has 6 heteroatoms. The quantitative estimate of drug-likeness (QED) is 0.829. The van der Waals surface area contributed by atoms with E-state index in [0.29, 0.717) is 5.56 Å². The van der Waals surface area contributed by atoms with E-state index in [9.17, 15) is 13.6 Å². The van der Waals surface area contributed by atoms with Crippen LogP contribution in [-0.2, 0) is 11.2 Å². The first-order valence-corrected chi connectivity index (χ1v) is 5.78. The molecule has 1 rings (SSSR count). The molecule has 2 N–H and O–H groups in total. The number of amides is 1. The Hall–Kier alpha value is -1.69. The minimum atomic E-state index is -2.89. The van der Waals surface area contributed by atoms with Crippen molar-refractivity contribution in [3.8, 4) is 5.75 Å². The number of aliphatic hydroxyl groups is 1. The number of carbonyl (C=O) groups is 1. The minimum Gasteiger partial charge on any atom is -0.435 e. The summed E-state index contributed by atoms with van der Waals surface area (Å²) < 4.78 is 28.4. The predicted molar refractivity (Wildman–Crippen MR) is 66.1 cm³/mol. The van der Waals surface area contributed by atoms with Crippen LogP contribution in [0.3, 0.4) is 0 Å². The molecule has 19 heavy (non-hydrogen) atoms. The van der Waals surface area contributed by atoms with Crippen LogP contribution in [0, 0.1) is 0 Å². The molecule has 1 aromatic carbocycles. The van der Waals surface area contributed by atoms with Gasteiger partial charge in [0.2, 0.25) is 5.91 Å².